The number of likely N-dealkylation sites (tertiary alicyclic amines) is 1. The molecule has 3 unspecified atom stereocenters. The summed E-state index contributed by atoms with van der Waals surface area (Å²) in [6.07, 6.45) is 10.2. The molecule has 6 N–H and O–H groups in total. The molecule has 0 aliphatic carbocycles. The van der Waals surface area contributed by atoms with Crippen LogP contribution in [0.4, 0.5) is 16.2 Å². The van der Waals surface area contributed by atoms with Crippen molar-refractivity contribution < 1.29 is 29.1 Å². The third-order valence-corrected chi connectivity index (χ3v) is 9.61. The molecule has 10 nitrogen and oxygen atoms in total. The maximum absolute atomic E-state index is 12.7. The lowest BCUT2D eigenvalue weighted by Crippen LogP contribution is -2.38. The topological polar surface area (TPSA) is 143 Å². The molecule has 1 fully saturated rings. The summed E-state index contributed by atoms with van der Waals surface area (Å²) in [5, 5.41) is 37.1. The lowest BCUT2D eigenvalue weighted by molar-refractivity contribution is 0.0584. The van der Waals surface area contributed by atoms with Gasteiger partial charge in [0.2, 0.25) is 0 Å². The van der Waals surface area contributed by atoms with E-state index in [1.807, 2.05) is 36.4 Å². The molecule has 1 heterocycles. The number of carbonyl (C=O) groups is 1. The van der Waals surface area contributed by atoms with Crippen LogP contribution in [0.3, 0.4) is 0 Å². The molecule has 1 saturated heterocycles. The Balaban J connectivity index is 1.01. The van der Waals surface area contributed by atoms with Crippen LogP contribution >= 0.6 is 9.24 Å². The van der Waals surface area contributed by atoms with E-state index in [9.17, 15) is 24.3 Å². The van der Waals surface area contributed by atoms with E-state index in [-0.39, 0.29) is 17.6 Å². The lowest BCUT2D eigenvalue weighted by atomic mass is 10.0. The van der Waals surface area contributed by atoms with Crippen molar-refractivity contribution in [3.8, 4) is 22.6 Å². The number of hydrogen-bond acceptors (Lipinski definition) is 8. The van der Waals surface area contributed by atoms with Crippen molar-refractivity contribution in [2.45, 2.75) is 70.0 Å². The highest BCUT2D eigenvalue weighted by Gasteiger charge is 2.22. The smallest absolute Gasteiger partial charge is 0.411 e. The predicted octanol–water partition coefficient (Wildman–Crippen LogP) is 6.04. The maximum Gasteiger partial charge on any atom is 0.411 e. The summed E-state index contributed by atoms with van der Waals surface area (Å²) in [4.78, 5) is 15.2. The first kappa shape index (κ1) is 37.6. The van der Waals surface area contributed by atoms with Crippen LogP contribution in [0.15, 0.2) is 60.7 Å². The Hall–Kier alpha value is -3.21. The Morgan fingerprint density at radius 3 is 2.35 bits per heavy atom. The number of piperidine rings is 1. The van der Waals surface area contributed by atoms with E-state index >= 15 is 0 Å². The van der Waals surface area contributed by atoms with Crippen LogP contribution in [-0.4, -0.2) is 75.6 Å². The largest absolute Gasteiger partial charge is 0.507 e. The van der Waals surface area contributed by atoms with Gasteiger partial charge < -0.3 is 35.0 Å². The van der Waals surface area contributed by atoms with E-state index in [0.717, 1.165) is 63.0 Å². The first-order valence-electron chi connectivity index (χ1n) is 16.9. The SMILES string of the molecule is CS(=O)Nc1cc(C(O)CNCCCCCCCCCN2CCC(OC(=O)Nc3ccccc3-c3ccc(O)c(P)c3)CC2)ccc1O. The number of nitrogens with zero attached hydrogens (tertiary/aromatic N) is 1. The standard InChI is InChI=1S/C36H51N4O6PS/c1-48(45)39-31-23-27(14-15-32(31)41)34(43)25-37-19-9-5-3-2-4-6-10-20-40-21-17-28(18-22-40)46-36(44)38-30-12-8-7-11-29(30)26-13-16-33(42)35(47)24-26/h7-8,11-16,23-24,28,34,37,39,41-43H,2-6,9-10,17-22,25,47H2,1H3,(H,38,44). The molecule has 0 saturated carbocycles. The maximum atomic E-state index is 12.7. The van der Waals surface area contributed by atoms with Crippen molar-refractivity contribution in [2.24, 2.45) is 0 Å². The van der Waals surface area contributed by atoms with E-state index in [1.54, 1.807) is 18.2 Å². The van der Waals surface area contributed by atoms with Gasteiger partial charge in [0.15, 0.2) is 0 Å². The molecule has 12 heteroatoms. The second-order valence-electron chi connectivity index (χ2n) is 12.4. The molecule has 0 bridgehead atoms. The Labute approximate surface area is 289 Å². The number of ether oxygens (including phenoxy) is 1. The number of aromatic hydroxyl groups is 2. The van der Waals surface area contributed by atoms with Gasteiger partial charge >= 0.3 is 6.09 Å². The van der Waals surface area contributed by atoms with Crippen LogP contribution in [0.1, 0.15) is 69.5 Å². The second-order valence-corrected chi connectivity index (χ2v) is 14.2. The number of para-hydroxylation sites is 1. The zero-order chi connectivity index (χ0) is 34.3. The predicted molar refractivity (Wildman–Crippen MR) is 198 cm³/mol. The zero-order valence-electron chi connectivity index (χ0n) is 27.8. The lowest BCUT2D eigenvalue weighted by Gasteiger charge is -2.31. The van der Waals surface area contributed by atoms with Crippen LogP contribution < -0.4 is 20.7 Å². The van der Waals surface area contributed by atoms with Gasteiger partial charge in [-0.05, 0) is 80.2 Å². The second kappa shape index (κ2) is 19.7. The van der Waals surface area contributed by atoms with Gasteiger partial charge in [-0.15, -0.1) is 9.24 Å². The molecule has 1 aliphatic rings. The summed E-state index contributed by atoms with van der Waals surface area (Å²) in [5.74, 6) is 0.214. The number of phenols is 2. The van der Waals surface area contributed by atoms with E-state index in [0.29, 0.717) is 28.8 Å². The number of hydrogen-bond donors (Lipinski definition) is 6. The molecule has 3 aromatic carbocycles. The van der Waals surface area contributed by atoms with Gasteiger partial charge in [-0.2, -0.15) is 0 Å². The minimum absolute atomic E-state index is 0.00402. The highest BCUT2D eigenvalue weighted by molar-refractivity contribution is 7.85. The number of nitrogens with one attached hydrogen (secondary N) is 3. The molecule has 1 amide bonds. The number of aliphatic hydroxyl groups excluding tert-OH is 1. The van der Waals surface area contributed by atoms with E-state index in [1.165, 1.54) is 44.4 Å². The van der Waals surface area contributed by atoms with Gasteiger partial charge in [0.1, 0.15) is 28.6 Å². The van der Waals surface area contributed by atoms with Crippen LogP contribution in [-0.2, 0) is 15.7 Å². The summed E-state index contributed by atoms with van der Waals surface area (Å²) in [6.45, 7) is 4.21. The third kappa shape index (κ3) is 12.3. The number of amides is 1. The molecule has 48 heavy (non-hydrogen) atoms. The minimum atomic E-state index is -1.31. The van der Waals surface area contributed by atoms with Gasteiger partial charge in [-0.25, -0.2) is 9.00 Å². The summed E-state index contributed by atoms with van der Waals surface area (Å²) in [7, 11) is 1.22. The van der Waals surface area contributed by atoms with E-state index < -0.39 is 23.2 Å². The molecule has 0 aromatic heterocycles. The Morgan fingerprint density at radius 1 is 0.938 bits per heavy atom. The molecule has 262 valence electrons. The Morgan fingerprint density at radius 2 is 1.62 bits per heavy atom. The molecule has 1 aliphatic heterocycles. The fraction of sp³-hybridized carbons (Fsp3) is 0.472. The van der Waals surface area contributed by atoms with Crippen molar-refractivity contribution in [3.05, 3.63) is 66.2 Å². The van der Waals surface area contributed by atoms with Crippen LogP contribution in [0, 0.1) is 0 Å². The van der Waals surface area contributed by atoms with Crippen molar-refractivity contribution >= 4 is 43.0 Å². The number of rotatable bonds is 18. The van der Waals surface area contributed by atoms with Crippen LogP contribution in [0.25, 0.3) is 11.1 Å². The number of aliphatic hydroxyl groups is 1. The van der Waals surface area contributed by atoms with E-state index in [2.05, 4.69) is 29.5 Å². The third-order valence-electron chi connectivity index (χ3n) is 8.64. The molecule has 3 atom stereocenters. The number of anilines is 2. The van der Waals surface area contributed by atoms with E-state index in [4.69, 9.17) is 4.74 Å². The highest BCUT2D eigenvalue weighted by atomic mass is 32.2. The summed E-state index contributed by atoms with van der Waals surface area (Å²) >= 11 is 0. The Bertz CT molecular complexity index is 1490. The summed E-state index contributed by atoms with van der Waals surface area (Å²) in [5.41, 5.74) is 3.45. The van der Waals surface area contributed by atoms with Crippen molar-refractivity contribution in [3.63, 3.8) is 0 Å². The van der Waals surface area contributed by atoms with Crippen molar-refractivity contribution in [1.29, 1.82) is 0 Å². The number of phenolic OH excluding ortho intramolecular Hbond substituents is 2. The number of carbonyl (C=O) groups excluding carboxylic acids is 1. The van der Waals surface area contributed by atoms with Gasteiger partial charge in [0.05, 0.1) is 17.5 Å². The number of benzene rings is 3. The van der Waals surface area contributed by atoms with Crippen molar-refractivity contribution in [1.82, 2.24) is 10.2 Å². The van der Waals surface area contributed by atoms with Crippen LogP contribution in [0.5, 0.6) is 11.5 Å². The molecule has 4 rings (SSSR count). The first-order valence-corrected chi connectivity index (χ1v) is 19.0. The molecular weight excluding hydrogens is 647 g/mol. The van der Waals surface area contributed by atoms with Gasteiger partial charge in [-0.3, -0.25) is 5.32 Å². The average molecular weight is 699 g/mol. The fourth-order valence-electron chi connectivity index (χ4n) is 5.93. The zero-order valence-corrected chi connectivity index (χ0v) is 29.8. The summed E-state index contributed by atoms with van der Waals surface area (Å²) < 4.78 is 19.9. The highest BCUT2D eigenvalue weighted by Crippen LogP contribution is 2.30. The Kier molecular flexibility index (Phi) is 15.4. The van der Waals surface area contributed by atoms with Gasteiger partial charge in [-0.1, -0.05) is 62.4 Å². The minimum Gasteiger partial charge on any atom is -0.507 e. The number of unbranched alkanes of at least 4 members (excludes halogenated alkanes) is 6. The fourth-order valence-corrected chi connectivity index (χ4v) is 6.68. The van der Waals surface area contributed by atoms with Crippen molar-refractivity contribution in [2.75, 3.05) is 49.0 Å². The van der Waals surface area contributed by atoms with Crippen LogP contribution in [0.2, 0.25) is 0 Å². The first-order chi connectivity index (χ1) is 23.2. The molecular formula is C36H51N4O6PS. The monoisotopic (exact) mass is 698 g/mol. The normalized spacial score (nSPS) is 15.1. The average Bonchev–Trinajstić information content (AvgIpc) is 3.06. The quantitative estimate of drug-likeness (QED) is 0.0537. The summed E-state index contributed by atoms with van der Waals surface area (Å²) in [6, 6.07) is 17.7. The molecule has 0 radical (unpaired) electrons. The molecule has 0 spiro atoms. The van der Waals surface area contributed by atoms with Gasteiger partial charge in [0.25, 0.3) is 0 Å². The van der Waals surface area contributed by atoms with Gasteiger partial charge in [0, 0.05) is 36.8 Å². The molecule has 3 aromatic rings.